The van der Waals surface area contributed by atoms with Crippen LogP contribution in [0, 0.1) is 12.3 Å². The average molecular weight is 539 g/mol. The molecule has 0 radical (unpaired) electrons. The number of ether oxygens (including phenoxy) is 1. The van der Waals surface area contributed by atoms with Crippen LogP contribution in [0.4, 0.5) is 5.82 Å². The van der Waals surface area contributed by atoms with Crippen LogP contribution in [0.2, 0.25) is 0 Å². The average Bonchev–Trinajstić information content (AvgIpc) is 3.31. The van der Waals surface area contributed by atoms with Crippen LogP contribution in [0.5, 0.6) is 0 Å². The van der Waals surface area contributed by atoms with Crippen molar-refractivity contribution in [3.05, 3.63) is 48.3 Å². The zero-order valence-corrected chi connectivity index (χ0v) is 23.7. The van der Waals surface area contributed by atoms with E-state index >= 15 is 0 Å². The second-order valence-corrected chi connectivity index (χ2v) is 12.3. The number of carbonyl (C=O) groups is 2. The van der Waals surface area contributed by atoms with E-state index in [2.05, 4.69) is 57.3 Å². The number of hydrazine groups is 1. The maximum atomic E-state index is 13.0. The first-order valence-corrected chi connectivity index (χ1v) is 13.8. The summed E-state index contributed by atoms with van der Waals surface area (Å²) in [6.07, 6.45) is 9.25. The molecule has 9 nitrogen and oxygen atoms in total. The number of hydrogen-bond acceptors (Lipinski definition) is 7. The molecule has 38 heavy (non-hydrogen) atoms. The van der Waals surface area contributed by atoms with Gasteiger partial charge < -0.3 is 10.1 Å². The van der Waals surface area contributed by atoms with E-state index in [1.807, 2.05) is 37.0 Å². The molecule has 204 valence electrons. The number of aromatic nitrogens is 3. The molecule has 2 amide bonds. The van der Waals surface area contributed by atoms with Crippen molar-refractivity contribution in [2.24, 2.45) is 5.41 Å². The van der Waals surface area contributed by atoms with Gasteiger partial charge >= 0.3 is 0 Å². The van der Waals surface area contributed by atoms with Gasteiger partial charge in [-0.2, -0.15) is 0 Å². The molecule has 6 rings (SSSR count). The Morgan fingerprint density at radius 2 is 1.71 bits per heavy atom. The maximum Gasteiger partial charge on any atom is 0.244 e. The number of methoxy groups -OCH3 is 1. The van der Waals surface area contributed by atoms with E-state index in [-0.39, 0.29) is 22.5 Å². The molecule has 3 fully saturated rings. The van der Waals surface area contributed by atoms with Crippen molar-refractivity contribution in [3.8, 4) is 0 Å². The quantitative estimate of drug-likeness (QED) is 0.287. The van der Waals surface area contributed by atoms with Gasteiger partial charge in [-0.15, -0.1) is 0 Å². The van der Waals surface area contributed by atoms with Gasteiger partial charge in [-0.25, -0.2) is 9.97 Å². The molecule has 3 aliphatic rings. The summed E-state index contributed by atoms with van der Waals surface area (Å²) < 4.78 is 6.92. The van der Waals surface area contributed by atoms with Gasteiger partial charge in [-0.05, 0) is 96.4 Å². The van der Waals surface area contributed by atoms with Crippen molar-refractivity contribution < 1.29 is 14.3 Å². The van der Waals surface area contributed by atoms with Crippen molar-refractivity contribution >= 4 is 41.2 Å². The molecule has 0 saturated heterocycles. The van der Waals surface area contributed by atoms with Crippen LogP contribution < -0.4 is 16.2 Å². The number of rotatable bonds is 7. The Balaban J connectivity index is 0.000000505. The second-order valence-electron chi connectivity index (χ2n) is 11.2. The second kappa shape index (κ2) is 11.3. The summed E-state index contributed by atoms with van der Waals surface area (Å²) in [6.45, 7) is 8.13. The molecule has 3 aromatic rings. The molecule has 0 atom stereocenters. The summed E-state index contributed by atoms with van der Waals surface area (Å²) in [6, 6.07) is 10.2. The van der Waals surface area contributed by atoms with Crippen LogP contribution in [-0.2, 0) is 14.3 Å². The molecule has 3 N–H and O–H groups in total. The number of fused-ring (bicyclic) bond motifs is 4. The number of aryl methyl sites for hydroxylation is 1. The fourth-order valence-corrected chi connectivity index (χ4v) is 5.69. The number of nitrogens with one attached hydrogen (secondary N) is 3. The van der Waals surface area contributed by atoms with Crippen LogP contribution >= 0.6 is 11.9 Å². The third-order valence-electron chi connectivity index (χ3n) is 7.59. The normalized spacial score (nSPS) is 22.3. The molecular formula is C28H38N6O3S. The Bertz CT molecular complexity index is 1240. The zero-order chi connectivity index (χ0) is 27.4. The monoisotopic (exact) mass is 538 g/mol. The van der Waals surface area contributed by atoms with E-state index in [1.54, 1.807) is 25.3 Å². The van der Waals surface area contributed by atoms with Gasteiger partial charge in [0.2, 0.25) is 12.3 Å². The van der Waals surface area contributed by atoms with Crippen LogP contribution in [0.1, 0.15) is 64.9 Å². The van der Waals surface area contributed by atoms with Gasteiger partial charge in [-0.1, -0.05) is 17.7 Å². The van der Waals surface area contributed by atoms with E-state index in [0.717, 1.165) is 61.0 Å². The molecule has 0 aliphatic heterocycles. The number of hydrogen-bond donors (Lipinski definition) is 3. The van der Waals surface area contributed by atoms with E-state index in [0.29, 0.717) is 5.82 Å². The van der Waals surface area contributed by atoms with Gasteiger partial charge in [0.1, 0.15) is 5.52 Å². The fourth-order valence-electron chi connectivity index (χ4n) is 4.86. The molecule has 3 saturated carbocycles. The molecule has 3 aliphatic carbocycles. The zero-order valence-electron chi connectivity index (χ0n) is 22.8. The van der Waals surface area contributed by atoms with Crippen LogP contribution in [0.3, 0.4) is 0 Å². The highest BCUT2D eigenvalue weighted by atomic mass is 32.2. The van der Waals surface area contributed by atoms with Crippen molar-refractivity contribution in [2.75, 3.05) is 12.5 Å². The first kappa shape index (κ1) is 27.9. The molecule has 2 aromatic heterocycles. The molecule has 2 heterocycles. The molecule has 1 aromatic carbocycles. The van der Waals surface area contributed by atoms with Gasteiger partial charge in [0.05, 0.1) is 17.2 Å². The van der Waals surface area contributed by atoms with Crippen molar-refractivity contribution in [1.82, 2.24) is 24.7 Å². The molecular weight excluding hydrogens is 500 g/mol. The minimum atomic E-state index is -0.370. The smallest absolute Gasteiger partial charge is 0.244 e. The summed E-state index contributed by atoms with van der Waals surface area (Å²) in [4.78, 5) is 34.2. The molecule has 10 heteroatoms. The van der Waals surface area contributed by atoms with E-state index in [4.69, 9.17) is 4.74 Å². The lowest BCUT2D eigenvalue weighted by Gasteiger charge is -2.52. The molecule has 0 unspecified atom stereocenters. The van der Waals surface area contributed by atoms with E-state index in [1.165, 1.54) is 5.56 Å². The van der Waals surface area contributed by atoms with Gasteiger partial charge in [-0.3, -0.25) is 24.4 Å². The lowest BCUT2D eigenvalue weighted by Crippen LogP contribution is -2.58. The largest absolute Gasteiger partial charge is 0.379 e. The number of amides is 2. The van der Waals surface area contributed by atoms with Gasteiger partial charge in [0.25, 0.3) is 0 Å². The standard InChI is InChI=1S/C23H26N6O2S.C5H12O/c1-16-2-4-17(5-3-16)32-29-13-6-18-20(29)24-14-19(26-18)27-28-21(31)22-7-10-23(11-8-22,12-9-22)25-15-30;1-5(2,3)6-4/h2-6,13-15H,7-12H2,1H3,(H,25,30)(H,26,27)(H,28,31);1-4H3. The number of carbonyl (C=O) groups excluding carboxylic acids is 2. The Morgan fingerprint density at radius 1 is 1.08 bits per heavy atom. The minimum absolute atomic E-state index is 0.00806. The number of nitrogens with zero attached hydrogens (tertiary/aromatic N) is 3. The van der Waals surface area contributed by atoms with Crippen LogP contribution in [-0.4, -0.2) is 44.5 Å². The summed E-state index contributed by atoms with van der Waals surface area (Å²) in [5.41, 5.74) is 8.10. The highest BCUT2D eigenvalue weighted by Crippen LogP contribution is 2.52. The number of anilines is 1. The first-order valence-electron chi connectivity index (χ1n) is 13.0. The topological polar surface area (TPSA) is 110 Å². The maximum absolute atomic E-state index is 13.0. The lowest BCUT2D eigenvalue weighted by molar-refractivity contribution is -0.138. The summed E-state index contributed by atoms with van der Waals surface area (Å²) in [7, 11) is 1.71. The first-order chi connectivity index (χ1) is 18.1. The van der Waals surface area contributed by atoms with E-state index in [9.17, 15) is 9.59 Å². The highest BCUT2D eigenvalue weighted by molar-refractivity contribution is 7.98. The Kier molecular flexibility index (Phi) is 8.32. The summed E-state index contributed by atoms with van der Waals surface area (Å²) >= 11 is 1.58. The summed E-state index contributed by atoms with van der Waals surface area (Å²) in [5.74, 6) is 0.496. The van der Waals surface area contributed by atoms with Gasteiger partial charge in [0, 0.05) is 23.7 Å². The SMILES string of the molecule is COC(C)(C)C.Cc1ccc(Sn2ccc3nc(NNC(=O)C45CCC(NC=O)(CC4)CC5)cnc32)cc1. The summed E-state index contributed by atoms with van der Waals surface area (Å²) in [5, 5.41) is 2.99. The third kappa shape index (κ3) is 6.47. The number of benzene rings is 1. The molecule has 0 spiro atoms. The van der Waals surface area contributed by atoms with Crippen molar-refractivity contribution in [3.63, 3.8) is 0 Å². The van der Waals surface area contributed by atoms with Crippen LogP contribution in [0.15, 0.2) is 47.6 Å². The third-order valence-corrected chi connectivity index (χ3v) is 8.56. The lowest BCUT2D eigenvalue weighted by atomic mass is 9.57. The predicted molar refractivity (Wildman–Crippen MR) is 151 cm³/mol. The molecule has 2 bridgehead atoms. The highest BCUT2D eigenvalue weighted by Gasteiger charge is 2.52. The predicted octanol–water partition coefficient (Wildman–Crippen LogP) is 5.01. The van der Waals surface area contributed by atoms with Crippen LogP contribution in [0.25, 0.3) is 11.2 Å². The fraction of sp³-hybridized carbons (Fsp3) is 0.500. The Labute approximate surface area is 228 Å². The van der Waals surface area contributed by atoms with E-state index < -0.39 is 0 Å². The Morgan fingerprint density at radius 3 is 2.29 bits per heavy atom. The van der Waals surface area contributed by atoms with Crippen molar-refractivity contribution in [2.45, 2.75) is 82.3 Å². The van der Waals surface area contributed by atoms with Gasteiger partial charge in [0.15, 0.2) is 11.5 Å². The minimum Gasteiger partial charge on any atom is -0.379 e. The Hall–Kier alpha value is -3.11. The van der Waals surface area contributed by atoms with Crippen molar-refractivity contribution in [1.29, 1.82) is 0 Å².